The van der Waals surface area contributed by atoms with Gasteiger partial charge in [-0.2, -0.15) is 0 Å². The number of hydrogen-bond donors (Lipinski definition) is 2. The van der Waals surface area contributed by atoms with Gasteiger partial charge in [0, 0.05) is 24.5 Å². The van der Waals surface area contributed by atoms with Crippen LogP contribution >= 0.6 is 0 Å². The zero-order chi connectivity index (χ0) is 14.8. The lowest BCUT2D eigenvalue weighted by molar-refractivity contribution is -0.225. The molecule has 0 radical (unpaired) electrons. The van der Waals surface area contributed by atoms with E-state index < -0.39 is 5.54 Å². The Morgan fingerprint density at radius 1 is 1.60 bits per heavy atom. The molecular weight excluding hydrogens is 256 g/mol. The predicted molar refractivity (Wildman–Crippen MR) is 76.9 cm³/mol. The van der Waals surface area contributed by atoms with Gasteiger partial charge in [-0.15, -0.1) is 0 Å². The van der Waals surface area contributed by atoms with Crippen molar-refractivity contribution in [2.45, 2.75) is 44.8 Å². The van der Waals surface area contributed by atoms with Crippen LogP contribution in [0.1, 0.15) is 33.1 Å². The van der Waals surface area contributed by atoms with Crippen LogP contribution in [0.4, 0.5) is 0 Å². The molecule has 0 bridgehead atoms. The zero-order valence-corrected chi connectivity index (χ0v) is 12.5. The zero-order valence-electron chi connectivity index (χ0n) is 12.5. The van der Waals surface area contributed by atoms with Gasteiger partial charge in [-0.1, -0.05) is 20.4 Å². The number of nitrogens with two attached hydrogens (primary N) is 1. The second-order valence-electron chi connectivity index (χ2n) is 6.28. The number of hydrogen-bond acceptors (Lipinski definition) is 4. The molecule has 1 aliphatic heterocycles. The summed E-state index contributed by atoms with van der Waals surface area (Å²) in [6.45, 7) is 9.43. The molecule has 1 aliphatic carbocycles. The summed E-state index contributed by atoms with van der Waals surface area (Å²) in [5, 5.41) is 2.94. The van der Waals surface area contributed by atoms with Gasteiger partial charge in [0.2, 0.25) is 5.91 Å². The first kappa shape index (κ1) is 15.3. The first-order valence-electron chi connectivity index (χ1n) is 7.37. The van der Waals surface area contributed by atoms with E-state index >= 15 is 0 Å². The third-order valence-corrected chi connectivity index (χ3v) is 4.90. The summed E-state index contributed by atoms with van der Waals surface area (Å²) in [6.07, 6.45) is 4.22. The first-order chi connectivity index (χ1) is 9.46. The molecule has 20 heavy (non-hydrogen) atoms. The van der Waals surface area contributed by atoms with Crippen molar-refractivity contribution in [1.82, 2.24) is 5.32 Å². The number of nitrogens with one attached hydrogen (secondary N) is 1. The molecule has 2 aliphatic rings. The van der Waals surface area contributed by atoms with E-state index in [1.54, 1.807) is 0 Å². The monoisotopic (exact) mass is 282 g/mol. The summed E-state index contributed by atoms with van der Waals surface area (Å²) in [5.74, 6) is 0.0727. The van der Waals surface area contributed by atoms with E-state index in [9.17, 15) is 4.79 Å². The van der Waals surface area contributed by atoms with E-state index in [1.165, 1.54) is 6.26 Å². The topological polar surface area (TPSA) is 73.6 Å². The molecular formula is C15H26N2O3. The molecule has 1 amide bonds. The Hall–Kier alpha value is -1.07. The molecule has 3 atom stereocenters. The maximum absolute atomic E-state index is 12.5. The third-order valence-electron chi connectivity index (χ3n) is 4.90. The second-order valence-corrected chi connectivity index (χ2v) is 6.28. The highest BCUT2D eigenvalue weighted by molar-refractivity contribution is 5.89. The molecule has 114 valence electrons. The van der Waals surface area contributed by atoms with Gasteiger partial charge in [0.15, 0.2) is 0 Å². The van der Waals surface area contributed by atoms with Crippen LogP contribution in [0, 0.1) is 11.3 Å². The van der Waals surface area contributed by atoms with Crippen LogP contribution in [-0.4, -0.2) is 37.3 Å². The third kappa shape index (κ3) is 2.23. The molecule has 1 saturated carbocycles. The molecule has 1 saturated heterocycles. The Labute approximate surface area is 120 Å². The van der Waals surface area contributed by atoms with Gasteiger partial charge in [-0.25, -0.2) is 0 Å². The predicted octanol–water partition coefficient (Wildman–Crippen LogP) is 1.19. The van der Waals surface area contributed by atoms with Crippen LogP contribution in [0.3, 0.4) is 0 Å². The molecule has 5 nitrogen and oxygen atoms in total. The van der Waals surface area contributed by atoms with Crippen molar-refractivity contribution in [1.29, 1.82) is 0 Å². The minimum Gasteiger partial charge on any atom is -0.502 e. The fourth-order valence-electron chi connectivity index (χ4n) is 3.62. The van der Waals surface area contributed by atoms with Crippen LogP contribution in [0.5, 0.6) is 0 Å². The lowest BCUT2D eigenvalue weighted by atomic mass is 9.46. The molecule has 0 spiro atoms. The van der Waals surface area contributed by atoms with Crippen LogP contribution in [-0.2, 0) is 14.3 Å². The molecule has 0 aromatic rings. The lowest BCUT2D eigenvalue weighted by Crippen LogP contribution is -2.82. The van der Waals surface area contributed by atoms with Gasteiger partial charge in [-0.05, 0) is 19.3 Å². The van der Waals surface area contributed by atoms with E-state index in [0.717, 1.165) is 25.9 Å². The summed E-state index contributed by atoms with van der Waals surface area (Å²) in [6, 6.07) is 0. The fourth-order valence-corrected chi connectivity index (χ4v) is 3.62. The van der Waals surface area contributed by atoms with Crippen LogP contribution < -0.4 is 11.1 Å². The first-order valence-corrected chi connectivity index (χ1v) is 7.37. The Balaban J connectivity index is 1.92. The van der Waals surface area contributed by atoms with Gasteiger partial charge < -0.3 is 20.5 Å². The SMILES string of the molecule is C=COCCCNC(=O)C1(N)C2CCCOC2C1(C)C. The van der Waals surface area contributed by atoms with Crippen molar-refractivity contribution in [2.24, 2.45) is 17.1 Å². The van der Waals surface area contributed by atoms with Crippen LogP contribution in [0.25, 0.3) is 0 Å². The number of rotatable bonds is 6. The molecule has 5 heteroatoms. The summed E-state index contributed by atoms with van der Waals surface area (Å²) in [7, 11) is 0. The van der Waals surface area contributed by atoms with E-state index in [2.05, 4.69) is 11.9 Å². The molecule has 0 aromatic heterocycles. The Morgan fingerprint density at radius 2 is 2.35 bits per heavy atom. The van der Waals surface area contributed by atoms with Crippen molar-refractivity contribution in [3.05, 3.63) is 12.8 Å². The maximum atomic E-state index is 12.5. The Kier molecular flexibility index (Phi) is 4.39. The number of fused-ring (bicyclic) bond motifs is 1. The highest BCUT2D eigenvalue weighted by atomic mass is 16.5. The van der Waals surface area contributed by atoms with Crippen molar-refractivity contribution >= 4 is 5.91 Å². The van der Waals surface area contributed by atoms with Gasteiger partial charge in [0.25, 0.3) is 0 Å². The largest absolute Gasteiger partial charge is 0.502 e. The molecule has 1 heterocycles. The molecule has 0 aromatic carbocycles. The quantitative estimate of drug-likeness (QED) is 0.567. The molecule has 3 unspecified atom stereocenters. The molecule has 2 rings (SSSR count). The normalized spacial score (nSPS) is 34.5. The standard InChI is InChI=1S/C15H26N2O3/c1-4-19-9-6-8-17-13(18)15(16)11-7-5-10-20-12(11)14(15,2)3/h4,11-12H,1,5-10,16H2,2-3H3,(H,17,18). The minimum atomic E-state index is -0.822. The van der Waals surface area contributed by atoms with E-state index in [-0.39, 0.29) is 23.3 Å². The van der Waals surface area contributed by atoms with Crippen molar-refractivity contribution in [3.8, 4) is 0 Å². The molecule has 3 N–H and O–H groups in total. The van der Waals surface area contributed by atoms with Crippen molar-refractivity contribution < 1.29 is 14.3 Å². The summed E-state index contributed by atoms with van der Waals surface area (Å²) < 4.78 is 10.8. The van der Waals surface area contributed by atoms with Crippen LogP contribution in [0.15, 0.2) is 12.8 Å². The van der Waals surface area contributed by atoms with E-state index in [4.69, 9.17) is 15.2 Å². The van der Waals surface area contributed by atoms with E-state index in [1.807, 2.05) is 13.8 Å². The van der Waals surface area contributed by atoms with Gasteiger partial charge in [0.1, 0.15) is 5.54 Å². The van der Waals surface area contributed by atoms with Crippen LogP contribution in [0.2, 0.25) is 0 Å². The Bertz CT molecular complexity index is 383. The Morgan fingerprint density at radius 3 is 3.05 bits per heavy atom. The maximum Gasteiger partial charge on any atom is 0.241 e. The van der Waals surface area contributed by atoms with Crippen molar-refractivity contribution in [3.63, 3.8) is 0 Å². The number of carbonyl (C=O) groups excluding carboxylic acids is 1. The minimum absolute atomic E-state index is 0.0622. The van der Waals surface area contributed by atoms with Gasteiger partial charge in [0.05, 0.1) is 19.0 Å². The second kappa shape index (κ2) is 5.74. The summed E-state index contributed by atoms with van der Waals surface area (Å²) in [5.41, 5.74) is 5.34. The number of carbonyl (C=O) groups is 1. The summed E-state index contributed by atoms with van der Waals surface area (Å²) >= 11 is 0. The lowest BCUT2D eigenvalue weighted by Gasteiger charge is -2.65. The average Bonchev–Trinajstić information content (AvgIpc) is 2.45. The number of ether oxygens (including phenoxy) is 2. The smallest absolute Gasteiger partial charge is 0.241 e. The highest BCUT2D eigenvalue weighted by Crippen LogP contribution is 2.57. The van der Waals surface area contributed by atoms with Gasteiger partial charge >= 0.3 is 0 Å². The van der Waals surface area contributed by atoms with E-state index in [0.29, 0.717) is 13.2 Å². The number of amides is 1. The average molecular weight is 282 g/mol. The van der Waals surface area contributed by atoms with Crippen molar-refractivity contribution in [2.75, 3.05) is 19.8 Å². The summed E-state index contributed by atoms with van der Waals surface area (Å²) in [4.78, 5) is 12.5. The fraction of sp³-hybridized carbons (Fsp3) is 0.800. The molecule has 2 fully saturated rings. The van der Waals surface area contributed by atoms with Gasteiger partial charge in [-0.3, -0.25) is 4.79 Å². The highest BCUT2D eigenvalue weighted by Gasteiger charge is 2.70.